The Bertz CT molecular complexity index is 319. The summed E-state index contributed by atoms with van der Waals surface area (Å²) >= 11 is 3.90. The second kappa shape index (κ2) is 6.03. The third kappa shape index (κ3) is 3.22. The number of nitrogens with zero attached hydrogens (tertiary/aromatic N) is 1. The first kappa shape index (κ1) is 12.4. The molecule has 16 heavy (non-hydrogen) atoms. The Morgan fingerprint density at radius 3 is 3.19 bits per heavy atom. The van der Waals surface area contributed by atoms with E-state index in [4.69, 9.17) is 4.98 Å². The van der Waals surface area contributed by atoms with Gasteiger partial charge in [-0.05, 0) is 31.9 Å². The van der Waals surface area contributed by atoms with E-state index in [0.29, 0.717) is 11.3 Å². The van der Waals surface area contributed by atoms with Crippen molar-refractivity contribution < 1.29 is 0 Å². The van der Waals surface area contributed by atoms with Crippen LogP contribution in [0.25, 0.3) is 0 Å². The quantitative estimate of drug-likeness (QED) is 0.871. The Morgan fingerprint density at radius 1 is 1.62 bits per heavy atom. The molecule has 1 saturated heterocycles. The van der Waals surface area contributed by atoms with Crippen LogP contribution in [0.4, 0.5) is 0 Å². The lowest BCUT2D eigenvalue weighted by atomic mass is 10.2. The average molecular weight is 256 g/mol. The zero-order chi connectivity index (χ0) is 11.4. The Labute approximate surface area is 106 Å². The zero-order valence-corrected chi connectivity index (χ0v) is 11.7. The zero-order valence-electron chi connectivity index (χ0n) is 10.0. The van der Waals surface area contributed by atoms with Crippen molar-refractivity contribution in [2.24, 2.45) is 0 Å². The molecule has 4 heteroatoms. The number of nitrogens with one attached hydrogen (secondary N) is 1. The number of hydrogen-bond donors (Lipinski definition) is 1. The molecule has 1 N–H and O–H groups in total. The minimum atomic E-state index is 0.589. The molecule has 0 aromatic carbocycles. The lowest BCUT2D eigenvalue weighted by molar-refractivity contribution is 0.529. The van der Waals surface area contributed by atoms with Crippen molar-refractivity contribution in [3.05, 3.63) is 16.1 Å². The van der Waals surface area contributed by atoms with Crippen LogP contribution in [-0.2, 0) is 6.54 Å². The van der Waals surface area contributed by atoms with Gasteiger partial charge in [0, 0.05) is 18.0 Å². The summed E-state index contributed by atoms with van der Waals surface area (Å²) in [4.78, 5) is 4.73. The van der Waals surface area contributed by atoms with E-state index in [1.807, 2.05) is 11.3 Å². The molecule has 1 aromatic heterocycles. The predicted octanol–water partition coefficient (Wildman–Crippen LogP) is 3.60. The summed E-state index contributed by atoms with van der Waals surface area (Å²) in [5, 5.41) is 7.72. The standard InChI is InChI=1S/C12H20N2S2/c1-3-9(2)13-7-10-8-16-12(14-10)11-5-4-6-15-11/h8-9,11,13H,3-7H2,1-2H3. The summed E-state index contributed by atoms with van der Waals surface area (Å²) < 4.78 is 0. The fraction of sp³-hybridized carbons (Fsp3) is 0.750. The molecule has 1 aliphatic heterocycles. The minimum absolute atomic E-state index is 0.589. The molecule has 0 radical (unpaired) electrons. The highest BCUT2D eigenvalue weighted by Crippen LogP contribution is 2.40. The molecule has 2 heterocycles. The molecule has 2 atom stereocenters. The number of hydrogen-bond acceptors (Lipinski definition) is 4. The van der Waals surface area contributed by atoms with Gasteiger partial charge in [0.15, 0.2) is 0 Å². The van der Waals surface area contributed by atoms with Crippen molar-refractivity contribution in [1.29, 1.82) is 0 Å². The lowest BCUT2D eigenvalue weighted by Crippen LogP contribution is -2.24. The Hall–Kier alpha value is -0.0600. The van der Waals surface area contributed by atoms with Gasteiger partial charge in [-0.2, -0.15) is 11.8 Å². The fourth-order valence-electron chi connectivity index (χ4n) is 1.75. The van der Waals surface area contributed by atoms with E-state index in [-0.39, 0.29) is 0 Å². The maximum absolute atomic E-state index is 4.73. The van der Waals surface area contributed by atoms with Crippen LogP contribution in [0.1, 0.15) is 49.1 Å². The molecule has 0 aliphatic carbocycles. The third-order valence-electron chi connectivity index (χ3n) is 3.02. The SMILES string of the molecule is CCC(C)NCc1csc(C2CCCS2)n1. The van der Waals surface area contributed by atoms with Crippen LogP contribution < -0.4 is 5.32 Å². The van der Waals surface area contributed by atoms with Gasteiger partial charge >= 0.3 is 0 Å². The summed E-state index contributed by atoms with van der Waals surface area (Å²) in [5.74, 6) is 1.31. The van der Waals surface area contributed by atoms with Crippen molar-refractivity contribution in [3.8, 4) is 0 Å². The second-order valence-corrected chi connectivity index (χ2v) is 6.57. The van der Waals surface area contributed by atoms with Crippen molar-refractivity contribution in [1.82, 2.24) is 10.3 Å². The first-order valence-electron chi connectivity index (χ1n) is 6.09. The maximum Gasteiger partial charge on any atom is 0.106 e. The molecule has 0 amide bonds. The highest BCUT2D eigenvalue weighted by atomic mass is 32.2. The smallest absolute Gasteiger partial charge is 0.106 e. The Morgan fingerprint density at radius 2 is 2.50 bits per heavy atom. The first-order valence-corrected chi connectivity index (χ1v) is 8.01. The molecule has 0 saturated carbocycles. The van der Waals surface area contributed by atoms with Gasteiger partial charge in [0.25, 0.3) is 0 Å². The predicted molar refractivity (Wildman–Crippen MR) is 73.1 cm³/mol. The van der Waals surface area contributed by atoms with Crippen LogP contribution >= 0.6 is 23.1 Å². The van der Waals surface area contributed by atoms with E-state index in [9.17, 15) is 0 Å². The van der Waals surface area contributed by atoms with Gasteiger partial charge in [-0.3, -0.25) is 0 Å². The number of aromatic nitrogens is 1. The van der Waals surface area contributed by atoms with Crippen molar-refractivity contribution >= 4 is 23.1 Å². The lowest BCUT2D eigenvalue weighted by Gasteiger charge is -2.09. The monoisotopic (exact) mass is 256 g/mol. The fourth-order valence-corrected chi connectivity index (χ4v) is 4.10. The minimum Gasteiger partial charge on any atom is -0.309 e. The van der Waals surface area contributed by atoms with Crippen LogP contribution in [-0.4, -0.2) is 16.8 Å². The molecule has 2 rings (SSSR count). The molecule has 2 nitrogen and oxygen atoms in total. The maximum atomic E-state index is 4.73. The summed E-state index contributed by atoms with van der Waals surface area (Å²) in [7, 11) is 0. The van der Waals surface area contributed by atoms with Gasteiger partial charge in [-0.15, -0.1) is 11.3 Å². The Kier molecular flexibility index (Phi) is 4.67. The molecule has 1 aromatic rings. The van der Waals surface area contributed by atoms with E-state index < -0.39 is 0 Å². The topological polar surface area (TPSA) is 24.9 Å². The average Bonchev–Trinajstić information content (AvgIpc) is 2.95. The van der Waals surface area contributed by atoms with Gasteiger partial charge in [-0.1, -0.05) is 6.92 Å². The molecule has 0 spiro atoms. The summed E-state index contributed by atoms with van der Waals surface area (Å²) in [6.07, 6.45) is 3.85. The van der Waals surface area contributed by atoms with Crippen LogP contribution in [0, 0.1) is 0 Å². The van der Waals surface area contributed by atoms with E-state index in [1.165, 1.54) is 35.7 Å². The van der Waals surface area contributed by atoms with Crippen LogP contribution in [0.15, 0.2) is 5.38 Å². The van der Waals surface area contributed by atoms with Gasteiger partial charge in [-0.25, -0.2) is 4.98 Å². The summed E-state index contributed by atoms with van der Waals surface area (Å²) in [5.41, 5.74) is 1.22. The third-order valence-corrected chi connectivity index (χ3v) is 5.56. The molecule has 0 bridgehead atoms. The van der Waals surface area contributed by atoms with Gasteiger partial charge in [0.05, 0.1) is 10.9 Å². The van der Waals surface area contributed by atoms with Gasteiger partial charge in [0.2, 0.25) is 0 Å². The number of rotatable bonds is 5. The molecular formula is C12H20N2S2. The molecule has 1 aliphatic rings. The summed E-state index contributed by atoms with van der Waals surface area (Å²) in [6, 6.07) is 0.589. The molecule has 1 fully saturated rings. The van der Waals surface area contributed by atoms with Gasteiger partial charge in [0.1, 0.15) is 5.01 Å². The normalized spacial score (nSPS) is 22.5. The largest absolute Gasteiger partial charge is 0.309 e. The molecule has 90 valence electrons. The van der Waals surface area contributed by atoms with E-state index in [1.54, 1.807) is 0 Å². The highest BCUT2D eigenvalue weighted by Gasteiger charge is 2.20. The van der Waals surface area contributed by atoms with Crippen molar-refractivity contribution in [2.45, 2.75) is 50.9 Å². The van der Waals surface area contributed by atoms with Crippen molar-refractivity contribution in [2.75, 3.05) is 5.75 Å². The van der Waals surface area contributed by atoms with E-state index in [0.717, 1.165) is 6.54 Å². The van der Waals surface area contributed by atoms with Crippen LogP contribution in [0.2, 0.25) is 0 Å². The molecular weight excluding hydrogens is 236 g/mol. The highest BCUT2D eigenvalue weighted by molar-refractivity contribution is 7.99. The van der Waals surface area contributed by atoms with Crippen molar-refractivity contribution in [3.63, 3.8) is 0 Å². The van der Waals surface area contributed by atoms with Gasteiger partial charge < -0.3 is 5.32 Å². The first-order chi connectivity index (χ1) is 7.79. The number of thioether (sulfide) groups is 1. The van der Waals surface area contributed by atoms with E-state index in [2.05, 4.69) is 36.3 Å². The van der Waals surface area contributed by atoms with E-state index >= 15 is 0 Å². The summed E-state index contributed by atoms with van der Waals surface area (Å²) in [6.45, 7) is 5.35. The second-order valence-electron chi connectivity index (χ2n) is 4.37. The van der Waals surface area contributed by atoms with Crippen LogP contribution in [0.5, 0.6) is 0 Å². The van der Waals surface area contributed by atoms with Crippen LogP contribution in [0.3, 0.4) is 0 Å². The Balaban J connectivity index is 1.86. The number of thiazole rings is 1. The molecule has 2 unspecified atom stereocenters.